The van der Waals surface area contributed by atoms with E-state index in [0.29, 0.717) is 28.4 Å². The van der Waals surface area contributed by atoms with Gasteiger partial charge in [0.25, 0.3) is 0 Å². The van der Waals surface area contributed by atoms with Crippen LogP contribution in [0.25, 0.3) is 43.2 Å². The number of aromatic amines is 1. The second kappa shape index (κ2) is 8.99. The summed E-state index contributed by atoms with van der Waals surface area (Å²) < 4.78 is 15.5. The summed E-state index contributed by atoms with van der Waals surface area (Å²) in [5.41, 5.74) is 1.35. The first-order chi connectivity index (χ1) is 18.4. The number of anilines is 1. The number of aliphatic carboxylic acids is 1. The summed E-state index contributed by atoms with van der Waals surface area (Å²) in [5.74, 6) is -0.647. The van der Waals surface area contributed by atoms with E-state index in [1.807, 2.05) is 24.3 Å². The van der Waals surface area contributed by atoms with E-state index in [1.54, 1.807) is 11.3 Å². The van der Waals surface area contributed by atoms with E-state index in [4.69, 9.17) is 21.6 Å². The van der Waals surface area contributed by atoms with E-state index in [9.17, 15) is 14.3 Å². The first-order valence-electron chi connectivity index (χ1n) is 12.5. The van der Waals surface area contributed by atoms with Crippen LogP contribution in [0, 0.1) is 23.6 Å². The zero-order valence-electron chi connectivity index (χ0n) is 20.0. The van der Waals surface area contributed by atoms with Gasteiger partial charge in [-0.1, -0.05) is 29.8 Å². The van der Waals surface area contributed by atoms with Crippen LogP contribution in [-0.2, 0) is 4.79 Å². The van der Waals surface area contributed by atoms with Crippen LogP contribution in [0.3, 0.4) is 0 Å². The van der Waals surface area contributed by atoms with E-state index in [2.05, 4.69) is 32.6 Å². The van der Waals surface area contributed by atoms with Gasteiger partial charge in [0.05, 0.1) is 21.9 Å². The Balaban J connectivity index is 1.37. The molecule has 4 aromatic heterocycles. The SMILES string of the molecule is O=C(O)[C@H]1C2CCC(CC2)[C@@H]1Nc1cc(-c2cc3ccccc3s2)nc(-c2[nH]nc3nc(Cl)c(F)cc23)n1. The fraction of sp³-hybridized carbons (Fsp3) is 0.296. The van der Waals surface area contributed by atoms with Crippen LogP contribution in [0.4, 0.5) is 10.2 Å². The molecule has 0 spiro atoms. The number of nitrogens with zero attached hydrogens (tertiary/aromatic N) is 4. The lowest BCUT2D eigenvalue weighted by Gasteiger charge is -2.47. The van der Waals surface area contributed by atoms with Crippen LogP contribution in [0.1, 0.15) is 25.7 Å². The number of thiophene rings is 1. The molecule has 192 valence electrons. The van der Waals surface area contributed by atoms with Gasteiger partial charge in [0.15, 0.2) is 22.4 Å². The standard InChI is InChI=1S/C27H22ClFN6O2S/c28-24-16(29)10-15-23(34-35-25(15)33-24)26-30-17(19-9-14-3-1-2-4-18(14)38-19)11-20(32-26)31-22-13-7-5-12(6-8-13)21(22)27(36)37/h1-4,9-13,21-22H,5-8H2,(H,36,37)(H,30,31,32)(H,33,34,35)/t12?,13?,21-,22-/m0/s1. The predicted molar refractivity (Wildman–Crippen MR) is 145 cm³/mol. The highest BCUT2D eigenvalue weighted by Gasteiger charge is 2.47. The smallest absolute Gasteiger partial charge is 0.308 e. The monoisotopic (exact) mass is 548 g/mol. The number of benzene rings is 1. The third-order valence-corrected chi connectivity index (χ3v) is 9.31. The normalized spacial score (nSPS) is 22.8. The van der Waals surface area contributed by atoms with Gasteiger partial charge in [-0.05, 0) is 61.1 Å². The minimum Gasteiger partial charge on any atom is -0.481 e. The molecule has 5 aromatic rings. The fourth-order valence-corrected chi connectivity index (χ4v) is 7.27. The van der Waals surface area contributed by atoms with Crippen molar-refractivity contribution in [3.8, 4) is 22.1 Å². The van der Waals surface area contributed by atoms with Crippen LogP contribution in [0.2, 0.25) is 5.15 Å². The summed E-state index contributed by atoms with van der Waals surface area (Å²) in [5, 5.41) is 21.9. The number of carboxylic acid groups (broad SMARTS) is 1. The molecule has 3 fully saturated rings. The number of rotatable bonds is 5. The molecule has 0 radical (unpaired) electrons. The van der Waals surface area contributed by atoms with E-state index in [0.717, 1.165) is 40.6 Å². The molecule has 0 saturated heterocycles. The molecule has 0 aliphatic heterocycles. The molecule has 2 atom stereocenters. The number of halogens is 2. The molecular formula is C27H22ClFN6O2S. The van der Waals surface area contributed by atoms with Crippen molar-refractivity contribution in [2.45, 2.75) is 31.7 Å². The summed E-state index contributed by atoms with van der Waals surface area (Å²) in [6, 6.07) is 13.1. The Morgan fingerprint density at radius 3 is 2.66 bits per heavy atom. The summed E-state index contributed by atoms with van der Waals surface area (Å²) >= 11 is 7.47. The molecule has 3 aliphatic carbocycles. The molecule has 2 bridgehead atoms. The third-order valence-electron chi connectivity index (χ3n) is 7.90. The number of carbonyl (C=O) groups is 1. The number of nitrogens with one attached hydrogen (secondary N) is 2. The molecule has 0 amide bonds. The number of carboxylic acids is 1. The van der Waals surface area contributed by atoms with E-state index in [-0.39, 0.29) is 28.7 Å². The second-order valence-corrected chi connectivity index (χ2v) is 11.5. The molecule has 3 saturated carbocycles. The Kier molecular flexibility index (Phi) is 5.55. The zero-order valence-corrected chi connectivity index (χ0v) is 21.6. The van der Waals surface area contributed by atoms with Gasteiger partial charge in [0, 0.05) is 16.8 Å². The van der Waals surface area contributed by atoms with Gasteiger partial charge in [0.1, 0.15) is 11.5 Å². The fourth-order valence-electron chi connectivity index (χ4n) is 6.12. The van der Waals surface area contributed by atoms with Crippen LogP contribution >= 0.6 is 22.9 Å². The first kappa shape index (κ1) is 23.5. The maximum Gasteiger partial charge on any atom is 0.308 e. The molecule has 3 aliphatic rings. The molecule has 11 heteroatoms. The summed E-state index contributed by atoms with van der Waals surface area (Å²) in [6.07, 6.45) is 3.90. The number of pyridine rings is 1. The average molecular weight is 549 g/mol. The van der Waals surface area contributed by atoms with Crippen molar-refractivity contribution >= 4 is 55.8 Å². The molecular weight excluding hydrogens is 527 g/mol. The van der Waals surface area contributed by atoms with Crippen molar-refractivity contribution in [2.24, 2.45) is 17.8 Å². The van der Waals surface area contributed by atoms with Crippen molar-refractivity contribution in [3.63, 3.8) is 0 Å². The van der Waals surface area contributed by atoms with E-state index >= 15 is 0 Å². The van der Waals surface area contributed by atoms with Gasteiger partial charge in [-0.15, -0.1) is 11.3 Å². The van der Waals surface area contributed by atoms with Gasteiger partial charge in [0.2, 0.25) is 0 Å². The van der Waals surface area contributed by atoms with Crippen molar-refractivity contribution in [1.82, 2.24) is 25.1 Å². The summed E-state index contributed by atoms with van der Waals surface area (Å²) in [6.45, 7) is 0. The lowest BCUT2D eigenvalue weighted by Crippen LogP contribution is -2.51. The van der Waals surface area contributed by atoms with Crippen molar-refractivity contribution < 1.29 is 14.3 Å². The molecule has 1 aromatic carbocycles. The Morgan fingerprint density at radius 1 is 1.08 bits per heavy atom. The van der Waals surface area contributed by atoms with Crippen molar-refractivity contribution in [2.75, 3.05) is 5.32 Å². The number of fused-ring (bicyclic) bond motifs is 5. The Morgan fingerprint density at radius 2 is 1.87 bits per heavy atom. The highest BCUT2D eigenvalue weighted by atomic mass is 35.5. The van der Waals surface area contributed by atoms with Gasteiger partial charge >= 0.3 is 5.97 Å². The molecule has 0 unspecified atom stereocenters. The highest BCUT2D eigenvalue weighted by Crippen LogP contribution is 2.46. The van der Waals surface area contributed by atoms with Crippen LogP contribution in [0.5, 0.6) is 0 Å². The van der Waals surface area contributed by atoms with Gasteiger partial charge in [-0.3, -0.25) is 9.89 Å². The predicted octanol–water partition coefficient (Wildman–Crippen LogP) is 6.39. The van der Waals surface area contributed by atoms with E-state index < -0.39 is 17.7 Å². The number of H-pyrrole nitrogens is 1. The third kappa shape index (κ3) is 3.90. The van der Waals surface area contributed by atoms with E-state index in [1.165, 1.54) is 6.07 Å². The molecule has 8 rings (SSSR count). The van der Waals surface area contributed by atoms with Crippen LogP contribution in [-0.4, -0.2) is 42.3 Å². The zero-order chi connectivity index (χ0) is 26.0. The number of hydrogen-bond donors (Lipinski definition) is 3. The van der Waals surface area contributed by atoms with Gasteiger partial charge < -0.3 is 10.4 Å². The van der Waals surface area contributed by atoms with Gasteiger partial charge in [-0.2, -0.15) is 5.10 Å². The number of hydrogen-bond acceptors (Lipinski definition) is 7. The van der Waals surface area contributed by atoms with Crippen molar-refractivity contribution in [3.05, 3.63) is 53.4 Å². The highest BCUT2D eigenvalue weighted by molar-refractivity contribution is 7.22. The first-order valence-corrected chi connectivity index (χ1v) is 13.7. The van der Waals surface area contributed by atoms with Crippen molar-refractivity contribution in [1.29, 1.82) is 0 Å². The lowest BCUT2D eigenvalue weighted by atomic mass is 9.61. The molecule has 8 nitrogen and oxygen atoms in total. The van der Waals surface area contributed by atoms with Gasteiger partial charge in [-0.25, -0.2) is 19.3 Å². The van der Waals surface area contributed by atoms with Crippen LogP contribution in [0.15, 0.2) is 42.5 Å². The lowest BCUT2D eigenvalue weighted by molar-refractivity contribution is -0.148. The second-order valence-electron chi connectivity index (χ2n) is 10.1. The minimum atomic E-state index is -0.770. The topological polar surface area (TPSA) is 117 Å². The molecule has 38 heavy (non-hydrogen) atoms. The minimum absolute atomic E-state index is 0.161. The molecule has 4 heterocycles. The maximum absolute atomic E-state index is 14.3. The Labute approximate surface area is 225 Å². The average Bonchev–Trinajstić information content (AvgIpc) is 3.53. The Hall–Kier alpha value is -3.63. The summed E-state index contributed by atoms with van der Waals surface area (Å²) in [7, 11) is 0. The molecule has 3 N–H and O–H groups in total. The summed E-state index contributed by atoms with van der Waals surface area (Å²) in [4.78, 5) is 26.8. The maximum atomic E-state index is 14.3. The number of aromatic nitrogens is 5. The largest absolute Gasteiger partial charge is 0.481 e. The van der Waals surface area contributed by atoms with Crippen LogP contribution < -0.4 is 5.32 Å². The quantitative estimate of drug-likeness (QED) is 0.218. The Bertz CT molecular complexity index is 1680.